The fraction of sp³-hybridized carbons (Fsp3) is 0.300. The van der Waals surface area contributed by atoms with E-state index in [0.29, 0.717) is 23.7 Å². The highest BCUT2D eigenvalue weighted by Gasteiger charge is 2.13. The van der Waals surface area contributed by atoms with Gasteiger partial charge < -0.3 is 14.3 Å². The third-order valence-corrected chi connectivity index (χ3v) is 1.95. The fourth-order valence-corrected chi connectivity index (χ4v) is 1.38. The summed E-state index contributed by atoms with van der Waals surface area (Å²) in [6.07, 6.45) is 3.28. The Kier molecular flexibility index (Phi) is 2.37. The van der Waals surface area contributed by atoms with Crippen molar-refractivity contribution in [1.29, 1.82) is 0 Å². The smallest absolute Gasteiger partial charge is 0.172 e. The van der Waals surface area contributed by atoms with Gasteiger partial charge >= 0.3 is 0 Å². The van der Waals surface area contributed by atoms with Gasteiger partial charge in [-0.25, -0.2) is 0 Å². The van der Waals surface area contributed by atoms with Crippen LogP contribution in [0, 0.1) is 0 Å². The zero-order chi connectivity index (χ0) is 9.97. The Bertz CT molecular complexity index is 436. The second kappa shape index (κ2) is 3.67. The normalized spacial score (nSPS) is 10.7. The molecule has 1 N–H and O–H groups in total. The molecular formula is C10H11NO3. The summed E-state index contributed by atoms with van der Waals surface area (Å²) in [4.78, 5) is 3.93. The highest BCUT2D eigenvalue weighted by Crippen LogP contribution is 2.32. The lowest BCUT2D eigenvalue weighted by Gasteiger charge is -2.00. The van der Waals surface area contributed by atoms with E-state index in [1.54, 1.807) is 12.4 Å². The number of aromatic nitrogens is 1. The molecule has 0 aliphatic carbocycles. The van der Waals surface area contributed by atoms with E-state index < -0.39 is 0 Å². The Morgan fingerprint density at radius 3 is 3.14 bits per heavy atom. The van der Waals surface area contributed by atoms with Crippen molar-refractivity contribution < 1.29 is 14.3 Å². The molecule has 0 fully saturated rings. The minimum atomic E-state index is -0.163. The van der Waals surface area contributed by atoms with Crippen LogP contribution in [-0.2, 0) is 6.61 Å². The van der Waals surface area contributed by atoms with Crippen molar-refractivity contribution in [1.82, 2.24) is 4.98 Å². The average molecular weight is 193 g/mol. The molecule has 2 rings (SSSR count). The first-order valence-corrected chi connectivity index (χ1v) is 4.46. The molecule has 4 heteroatoms. The van der Waals surface area contributed by atoms with Crippen LogP contribution in [0.15, 0.2) is 22.9 Å². The predicted molar refractivity (Wildman–Crippen MR) is 51.1 cm³/mol. The minimum Gasteiger partial charge on any atom is -0.489 e. The van der Waals surface area contributed by atoms with Gasteiger partial charge in [0.1, 0.15) is 6.61 Å². The topological polar surface area (TPSA) is 55.5 Å². The Morgan fingerprint density at radius 2 is 2.43 bits per heavy atom. The van der Waals surface area contributed by atoms with Gasteiger partial charge in [0.15, 0.2) is 17.1 Å². The predicted octanol–water partition coefficient (Wildman–Crippen LogP) is 1.72. The van der Waals surface area contributed by atoms with Crippen molar-refractivity contribution in [2.75, 3.05) is 6.61 Å². The number of aliphatic hydroxyl groups is 1. The van der Waals surface area contributed by atoms with Crippen LogP contribution in [0.1, 0.15) is 12.7 Å². The summed E-state index contributed by atoms with van der Waals surface area (Å²) < 4.78 is 10.8. The van der Waals surface area contributed by atoms with Gasteiger partial charge in [-0.2, -0.15) is 0 Å². The van der Waals surface area contributed by atoms with Crippen LogP contribution in [0.5, 0.6) is 5.75 Å². The van der Waals surface area contributed by atoms with Crippen molar-refractivity contribution in [2.24, 2.45) is 0 Å². The molecule has 2 aromatic heterocycles. The molecule has 0 aliphatic rings. The number of hydrogen-bond donors (Lipinski definition) is 1. The van der Waals surface area contributed by atoms with Gasteiger partial charge in [-0.3, -0.25) is 4.98 Å². The molecule has 0 radical (unpaired) electrons. The number of furan rings is 1. The molecule has 2 aromatic rings. The van der Waals surface area contributed by atoms with Gasteiger partial charge in [-0.05, 0) is 13.0 Å². The van der Waals surface area contributed by atoms with Gasteiger partial charge in [-0.1, -0.05) is 0 Å². The van der Waals surface area contributed by atoms with E-state index in [-0.39, 0.29) is 6.61 Å². The number of hydrogen-bond acceptors (Lipinski definition) is 4. The van der Waals surface area contributed by atoms with Gasteiger partial charge in [0, 0.05) is 6.20 Å². The Labute approximate surface area is 81.1 Å². The van der Waals surface area contributed by atoms with Crippen molar-refractivity contribution in [3.05, 3.63) is 24.2 Å². The molecule has 0 spiro atoms. The van der Waals surface area contributed by atoms with Crippen LogP contribution in [0.3, 0.4) is 0 Å². The lowest BCUT2D eigenvalue weighted by atomic mass is 10.3. The number of aliphatic hydroxyl groups excluding tert-OH is 1. The summed E-state index contributed by atoms with van der Waals surface area (Å²) in [6.45, 7) is 2.27. The molecule has 0 saturated heterocycles. The number of nitrogens with zero attached hydrogens (tertiary/aromatic N) is 1. The van der Waals surface area contributed by atoms with Crippen LogP contribution in [0.4, 0.5) is 0 Å². The minimum absolute atomic E-state index is 0.163. The second-order valence-corrected chi connectivity index (χ2v) is 2.82. The number of pyridine rings is 1. The zero-order valence-electron chi connectivity index (χ0n) is 7.86. The van der Waals surface area contributed by atoms with Crippen molar-refractivity contribution in [3.8, 4) is 5.75 Å². The second-order valence-electron chi connectivity index (χ2n) is 2.82. The third-order valence-electron chi connectivity index (χ3n) is 1.95. The number of fused-ring (bicyclic) bond motifs is 1. The first-order valence-electron chi connectivity index (χ1n) is 4.46. The molecular weight excluding hydrogens is 182 g/mol. The molecule has 14 heavy (non-hydrogen) atoms. The summed E-state index contributed by atoms with van der Waals surface area (Å²) in [7, 11) is 0. The number of ether oxygens (including phenoxy) is 1. The fourth-order valence-electron chi connectivity index (χ4n) is 1.38. The first-order chi connectivity index (χ1) is 6.86. The van der Waals surface area contributed by atoms with Crippen LogP contribution in [0.2, 0.25) is 0 Å². The van der Waals surface area contributed by atoms with E-state index in [1.807, 2.05) is 13.0 Å². The monoisotopic (exact) mass is 193 g/mol. The van der Waals surface area contributed by atoms with Crippen LogP contribution >= 0.6 is 0 Å². The first kappa shape index (κ1) is 9.02. The van der Waals surface area contributed by atoms with Gasteiger partial charge in [0.25, 0.3) is 0 Å². The van der Waals surface area contributed by atoms with E-state index in [9.17, 15) is 0 Å². The van der Waals surface area contributed by atoms with Gasteiger partial charge in [-0.15, -0.1) is 0 Å². The van der Waals surface area contributed by atoms with E-state index >= 15 is 0 Å². The van der Waals surface area contributed by atoms with E-state index in [0.717, 1.165) is 5.39 Å². The van der Waals surface area contributed by atoms with Gasteiger partial charge in [0.05, 0.1) is 18.2 Å². The molecule has 0 bridgehead atoms. The molecule has 0 atom stereocenters. The summed E-state index contributed by atoms with van der Waals surface area (Å²) in [6, 6.07) is 1.81. The summed E-state index contributed by atoms with van der Waals surface area (Å²) >= 11 is 0. The summed E-state index contributed by atoms with van der Waals surface area (Å²) in [5.74, 6) is 1.07. The maximum Gasteiger partial charge on any atom is 0.172 e. The Balaban J connectivity index is 2.61. The van der Waals surface area contributed by atoms with Crippen molar-refractivity contribution >= 4 is 11.0 Å². The largest absolute Gasteiger partial charge is 0.489 e. The zero-order valence-corrected chi connectivity index (χ0v) is 7.86. The summed E-state index contributed by atoms with van der Waals surface area (Å²) in [5.41, 5.74) is 0.639. The average Bonchev–Trinajstić information content (AvgIpc) is 2.58. The molecule has 0 saturated carbocycles. The van der Waals surface area contributed by atoms with E-state index in [1.165, 1.54) is 0 Å². The maximum atomic E-state index is 9.05. The lowest BCUT2D eigenvalue weighted by Crippen LogP contribution is -1.93. The van der Waals surface area contributed by atoms with E-state index in [4.69, 9.17) is 14.3 Å². The molecule has 0 aliphatic heterocycles. The van der Waals surface area contributed by atoms with Gasteiger partial charge in [0.2, 0.25) is 0 Å². The van der Waals surface area contributed by atoms with Crippen LogP contribution in [0.25, 0.3) is 11.0 Å². The van der Waals surface area contributed by atoms with Crippen LogP contribution in [-0.4, -0.2) is 16.7 Å². The quantitative estimate of drug-likeness (QED) is 0.806. The van der Waals surface area contributed by atoms with Crippen molar-refractivity contribution in [3.63, 3.8) is 0 Å². The maximum absolute atomic E-state index is 9.05. The Morgan fingerprint density at radius 1 is 1.57 bits per heavy atom. The molecule has 0 aromatic carbocycles. The van der Waals surface area contributed by atoms with Crippen molar-refractivity contribution in [2.45, 2.75) is 13.5 Å². The molecule has 0 amide bonds. The number of rotatable bonds is 3. The standard InChI is InChI=1S/C10H11NO3/c1-2-13-10-7-3-4-11-5-8(7)14-9(10)6-12/h3-5,12H,2,6H2,1H3. The summed E-state index contributed by atoms with van der Waals surface area (Å²) in [5, 5.41) is 9.90. The lowest BCUT2D eigenvalue weighted by molar-refractivity contribution is 0.236. The highest BCUT2D eigenvalue weighted by atomic mass is 16.5. The van der Waals surface area contributed by atoms with Crippen LogP contribution < -0.4 is 4.74 Å². The SMILES string of the molecule is CCOc1c(CO)oc2cnccc12. The van der Waals surface area contributed by atoms with E-state index in [2.05, 4.69) is 4.98 Å². The molecule has 4 nitrogen and oxygen atoms in total. The molecule has 74 valence electrons. The Hall–Kier alpha value is -1.55. The molecule has 0 unspecified atom stereocenters. The molecule has 2 heterocycles. The third kappa shape index (κ3) is 1.33. The highest BCUT2D eigenvalue weighted by molar-refractivity contribution is 5.84.